The smallest absolute Gasteiger partial charge is 0.187 e. The van der Waals surface area contributed by atoms with E-state index in [-0.39, 0.29) is 0 Å². The van der Waals surface area contributed by atoms with E-state index in [0.717, 1.165) is 21.0 Å². The van der Waals surface area contributed by atoms with Crippen LogP contribution in [-0.4, -0.2) is 4.98 Å². The average Bonchev–Trinajstić information content (AvgIpc) is 2.76. The van der Waals surface area contributed by atoms with Gasteiger partial charge in [-0.05, 0) is 24.1 Å². The molecule has 0 unspecified atom stereocenters. The first-order valence-electron chi connectivity index (χ1n) is 5.51. The Morgan fingerprint density at radius 2 is 2.17 bits per heavy atom. The quantitative estimate of drug-likeness (QED) is 0.895. The van der Waals surface area contributed by atoms with Gasteiger partial charge in [0.15, 0.2) is 5.13 Å². The summed E-state index contributed by atoms with van der Waals surface area (Å²) < 4.78 is 0.879. The molecule has 0 fully saturated rings. The SMILES string of the molecule is CC(C)c1csc(Nc2cc(Br)cc(C#N)c2)n1. The van der Waals surface area contributed by atoms with Crippen molar-refractivity contribution in [3.63, 3.8) is 0 Å². The van der Waals surface area contributed by atoms with Crippen LogP contribution < -0.4 is 5.32 Å². The van der Waals surface area contributed by atoms with Crippen LogP contribution >= 0.6 is 27.3 Å². The van der Waals surface area contributed by atoms with Crippen LogP contribution in [0.5, 0.6) is 0 Å². The minimum Gasteiger partial charge on any atom is -0.331 e. The van der Waals surface area contributed by atoms with E-state index in [2.05, 4.69) is 51.5 Å². The molecule has 0 saturated heterocycles. The van der Waals surface area contributed by atoms with E-state index in [1.165, 1.54) is 0 Å². The van der Waals surface area contributed by atoms with Crippen LogP contribution in [0.2, 0.25) is 0 Å². The van der Waals surface area contributed by atoms with Gasteiger partial charge in [0.1, 0.15) is 0 Å². The number of nitrogens with zero attached hydrogens (tertiary/aromatic N) is 2. The van der Waals surface area contributed by atoms with Crippen molar-refractivity contribution < 1.29 is 0 Å². The maximum absolute atomic E-state index is 8.92. The number of thiazole rings is 1. The molecule has 1 aromatic heterocycles. The number of nitrogens with one attached hydrogen (secondary N) is 1. The summed E-state index contributed by atoms with van der Waals surface area (Å²) in [6, 6.07) is 7.65. The Kier molecular flexibility index (Phi) is 4.00. The minimum absolute atomic E-state index is 0.425. The number of nitriles is 1. The highest BCUT2D eigenvalue weighted by atomic mass is 79.9. The zero-order valence-corrected chi connectivity index (χ0v) is 12.5. The van der Waals surface area contributed by atoms with E-state index in [4.69, 9.17) is 5.26 Å². The minimum atomic E-state index is 0.425. The number of benzene rings is 1. The van der Waals surface area contributed by atoms with E-state index in [1.54, 1.807) is 23.5 Å². The summed E-state index contributed by atoms with van der Waals surface area (Å²) >= 11 is 4.96. The zero-order valence-electron chi connectivity index (χ0n) is 10.1. The molecule has 0 amide bonds. The Balaban J connectivity index is 2.23. The van der Waals surface area contributed by atoms with Crippen LogP contribution in [0, 0.1) is 11.3 Å². The highest BCUT2D eigenvalue weighted by molar-refractivity contribution is 9.10. The Morgan fingerprint density at radius 3 is 2.78 bits per heavy atom. The summed E-state index contributed by atoms with van der Waals surface area (Å²) in [7, 11) is 0. The normalized spacial score (nSPS) is 10.4. The molecule has 1 N–H and O–H groups in total. The molecule has 2 aromatic rings. The molecule has 0 radical (unpaired) electrons. The standard InChI is InChI=1S/C13H12BrN3S/c1-8(2)12-7-18-13(17-12)16-11-4-9(6-15)3-10(14)5-11/h3-5,7-8H,1-2H3,(H,16,17). The molecule has 1 heterocycles. The Labute approximate surface area is 119 Å². The van der Waals surface area contributed by atoms with Crippen molar-refractivity contribution in [2.75, 3.05) is 5.32 Å². The lowest BCUT2D eigenvalue weighted by atomic mass is 10.2. The predicted octanol–water partition coefficient (Wildman–Crippen LogP) is 4.64. The molecule has 0 aliphatic rings. The molecular weight excluding hydrogens is 310 g/mol. The van der Waals surface area contributed by atoms with Gasteiger partial charge in [-0.25, -0.2) is 4.98 Å². The molecule has 3 nitrogen and oxygen atoms in total. The first-order valence-corrected chi connectivity index (χ1v) is 7.19. The monoisotopic (exact) mass is 321 g/mol. The number of rotatable bonds is 3. The molecule has 0 aliphatic heterocycles. The van der Waals surface area contributed by atoms with E-state index in [9.17, 15) is 0 Å². The van der Waals surface area contributed by atoms with E-state index >= 15 is 0 Å². The third-order valence-corrected chi connectivity index (χ3v) is 3.63. The molecule has 1 aromatic carbocycles. The maximum atomic E-state index is 8.92. The van der Waals surface area contributed by atoms with Gasteiger partial charge in [0.05, 0.1) is 17.3 Å². The van der Waals surface area contributed by atoms with Crippen molar-refractivity contribution in [1.29, 1.82) is 5.26 Å². The fourth-order valence-electron chi connectivity index (χ4n) is 1.46. The van der Waals surface area contributed by atoms with Crippen molar-refractivity contribution in [1.82, 2.24) is 4.98 Å². The maximum Gasteiger partial charge on any atom is 0.187 e. The van der Waals surface area contributed by atoms with Gasteiger partial charge in [-0.1, -0.05) is 29.8 Å². The lowest BCUT2D eigenvalue weighted by molar-refractivity contribution is 0.834. The first kappa shape index (κ1) is 13.1. The molecule has 0 spiro atoms. The zero-order chi connectivity index (χ0) is 13.1. The summed E-state index contributed by atoms with van der Waals surface area (Å²) in [5, 5.41) is 15.0. The summed E-state index contributed by atoms with van der Waals surface area (Å²) in [4.78, 5) is 4.50. The van der Waals surface area contributed by atoms with Gasteiger partial charge in [0.2, 0.25) is 0 Å². The summed E-state index contributed by atoms with van der Waals surface area (Å²) in [6.07, 6.45) is 0. The van der Waals surface area contributed by atoms with Crippen molar-refractivity contribution >= 4 is 38.1 Å². The lowest BCUT2D eigenvalue weighted by Gasteiger charge is -2.04. The van der Waals surface area contributed by atoms with Crippen molar-refractivity contribution in [3.05, 3.63) is 39.3 Å². The van der Waals surface area contributed by atoms with Crippen LogP contribution in [0.25, 0.3) is 0 Å². The number of hydrogen-bond acceptors (Lipinski definition) is 4. The highest BCUT2D eigenvalue weighted by Crippen LogP contribution is 2.26. The topological polar surface area (TPSA) is 48.7 Å². The number of anilines is 2. The molecule has 0 atom stereocenters. The van der Waals surface area contributed by atoms with Crippen molar-refractivity contribution in [2.24, 2.45) is 0 Å². The van der Waals surface area contributed by atoms with Gasteiger partial charge in [-0.2, -0.15) is 5.26 Å². The molecule has 18 heavy (non-hydrogen) atoms. The third kappa shape index (κ3) is 3.09. The van der Waals surface area contributed by atoms with Gasteiger partial charge in [0.25, 0.3) is 0 Å². The van der Waals surface area contributed by atoms with Gasteiger partial charge in [-0.15, -0.1) is 11.3 Å². The summed E-state index contributed by atoms with van der Waals surface area (Å²) in [6.45, 7) is 4.23. The number of halogens is 1. The van der Waals surface area contributed by atoms with Crippen LogP contribution in [0.4, 0.5) is 10.8 Å². The van der Waals surface area contributed by atoms with Crippen molar-refractivity contribution in [3.8, 4) is 6.07 Å². The molecular formula is C13H12BrN3S. The van der Waals surface area contributed by atoms with Gasteiger partial charge >= 0.3 is 0 Å². The molecule has 2 rings (SSSR count). The van der Waals surface area contributed by atoms with Gasteiger partial charge in [-0.3, -0.25) is 0 Å². The second kappa shape index (κ2) is 5.51. The van der Waals surface area contributed by atoms with Crippen LogP contribution in [0.1, 0.15) is 31.0 Å². The Morgan fingerprint density at radius 1 is 1.39 bits per heavy atom. The number of hydrogen-bond donors (Lipinski definition) is 1. The number of aromatic nitrogens is 1. The first-order chi connectivity index (χ1) is 8.58. The second-order valence-electron chi connectivity index (χ2n) is 4.20. The fourth-order valence-corrected chi connectivity index (χ4v) is 2.84. The molecule has 5 heteroatoms. The van der Waals surface area contributed by atoms with Crippen LogP contribution in [-0.2, 0) is 0 Å². The third-order valence-electron chi connectivity index (χ3n) is 2.39. The molecule has 0 aliphatic carbocycles. The van der Waals surface area contributed by atoms with Gasteiger partial charge in [0, 0.05) is 15.5 Å². The Hall–Kier alpha value is -1.38. The van der Waals surface area contributed by atoms with Gasteiger partial charge < -0.3 is 5.32 Å². The summed E-state index contributed by atoms with van der Waals surface area (Å²) in [5.74, 6) is 0.425. The van der Waals surface area contributed by atoms with Crippen LogP contribution in [0.15, 0.2) is 28.1 Å². The summed E-state index contributed by atoms with van der Waals surface area (Å²) in [5.41, 5.74) is 2.57. The molecule has 0 bridgehead atoms. The lowest BCUT2D eigenvalue weighted by Crippen LogP contribution is -1.92. The molecule has 0 saturated carbocycles. The second-order valence-corrected chi connectivity index (χ2v) is 5.97. The van der Waals surface area contributed by atoms with E-state index < -0.39 is 0 Å². The van der Waals surface area contributed by atoms with E-state index in [0.29, 0.717) is 11.5 Å². The largest absolute Gasteiger partial charge is 0.331 e. The highest BCUT2D eigenvalue weighted by Gasteiger charge is 2.06. The fraction of sp³-hybridized carbons (Fsp3) is 0.231. The van der Waals surface area contributed by atoms with Crippen LogP contribution in [0.3, 0.4) is 0 Å². The van der Waals surface area contributed by atoms with E-state index in [1.807, 2.05) is 6.07 Å². The molecule has 92 valence electrons. The predicted molar refractivity (Wildman–Crippen MR) is 78.3 cm³/mol. The Bertz CT molecular complexity index is 599. The van der Waals surface area contributed by atoms with Crippen molar-refractivity contribution in [2.45, 2.75) is 19.8 Å². The average molecular weight is 322 g/mol.